The second-order valence-electron chi connectivity index (χ2n) is 8.04. The lowest BCUT2D eigenvalue weighted by molar-refractivity contribution is -0.137. The van der Waals surface area contributed by atoms with Crippen LogP contribution in [-0.4, -0.2) is 60.4 Å². The summed E-state index contributed by atoms with van der Waals surface area (Å²) in [7, 11) is 0. The minimum Gasteiger partial charge on any atom is -0.491 e. The van der Waals surface area contributed by atoms with E-state index in [9.17, 15) is 18.3 Å². The number of pyridine rings is 1. The second-order valence-corrected chi connectivity index (χ2v) is 8.04. The predicted molar refractivity (Wildman–Crippen MR) is 122 cm³/mol. The van der Waals surface area contributed by atoms with Crippen LogP contribution in [0.1, 0.15) is 5.56 Å². The summed E-state index contributed by atoms with van der Waals surface area (Å²) in [5.74, 6) is 2.61. The van der Waals surface area contributed by atoms with E-state index in [1.165, 1.54) is 6.07 Å². The number of rotatable bonds is 8. The van der Waals surface area contributed by atoms with Gasteiger partial charge in [0, 0.05) is 38.9 Å². The zero-order chi connectivity index (χ0) is 24.0. The molecular formula is C25H26F3N3O3. The quantitative estimate of drug-likeness (QED) is 0.522. The van der Waals surface area contributed by atoms with E-state index in [4.69, 9.17) is 9.47 Å². The number of para-hydroxylation sites is 1. The number of anilines is 1. The van der Waals surface area contributed by atoms with Crippen LogP contribution in [0, 0.1) is 0 Å². The number of β-amino-alcohol motifs (C(OH)–C–C–N with tert-alkyl or cyclic N) is 1. The van der Waals surface area contributed by atoms with Crippen LogP contribution in [0.15, 0.2) is 72.9 Å². The Morgan fingerprint density at radius 3 is 2.12 bits per heavy atom. The van der Waals surface area contributed by atoms with Gasteiger partial charge in [-0.2, -0.15) is 13.2 Å². The lowest BCUT2D eigenvalue weighted by Gasteiger charge is -2.36. The van der Waals surface area contributed by atoms with Gasteiger partial charge < -0.3 is 19.5 Å². The Morgan fingerprint density at radius 1 is 0.853 bits per heavy atom. The Labute approximate surface area is 196 Å². The summed E-state index contributed by atoms with van der Waals surface area (Å²) in [6.07, 6.45) is -4.19. The van der Waals surface area contributed by atoms with Crippen LogP contribution in [0.2, 0.25) is 0 Å². The summed E-state index contributed by atoms with van der Waals surface area (Å²) >= 11 is 0. The number of halogens is 3. The van der Waals surface area contributed by atoms with Crippen LogP contribution < -0.4 is 14.4 Å². The van der Waals surface area contributed by atoms with Crippen molar-refractivity contribution in [3.05, 3.63) is 78.5 Å². The standard InChI is InChI=1S/C25H26F3N3O3/c26-25(27,28)19-6-11-24(29-16-19)31-14-12-30(13-15-31)17-20(32)18-33-21-7-9-23(10-8-21)34-22-4-2-1-3-5-22/h1-11,16,20,32H,12-15,17-18H2/t20-/m0/s1. The van der Waals surface area contributed by atoms with Crippen LogP contribution in [0.3, 0.4) is 0 Å². The number of nitrogens with zero attached hydrogens (tertiary/aromatic N) is 3. The molecule has 1 aliphatic rings. The van der Waals surface area contributed by atoms with E-state index in [1.54, 1.807) is 12.1 Å². The maximum absolute atomic E-state index is 12.7. The van der Waals surface area contributed by atoms with Gasteiger partial charge in [0.2, 0.25) is 0 Å². The molecule has 0 saturated carbocycles. The van der Waals surface area contributed by atoms with Gasteiger partial charge in [0.15, 0.2) is 0 Å². The zero-order valence-corrected chi connectivity index (χ0v) is 18.5. The third-order valence-corrected chi connectivity index (χ3v) is 5.49. The van der Waals surface area contributed by atoms with E-state index in [0.717, 1.165) is 18.0 Å². The molecule has 1 atom stereocenters. The number of aliphatic hydroxyl groups is 1. The molecule has 0 bridgehead atoms. The molecule has 1 aliphatic heterocycles. The van der Waals surface area contributed by atoms with E-state index < -0.39 is 17.8 Å². The summed E-state index contributed by atoms with van der Waals surface area (Å²) in [6, 6.07) is 19.1. The number of benzene rings is 2. The van der Waals surface area contributed by atoms with Crippen molar-refractivity contribution in [1.82, 2.24) is 9.88 Å². The first-order valence-electron chi connectivity index (χ1n) is 11.0. The van der Waals surface area contributed by atoms with Crippen molar-refractivity contribution in [2.45, 2.75) is 12.3 Å². The predicted octanol–water partition coefficient (Wildman–Crippen LogP) is 4.45. The lowest BCUT2D eigenvalue weighted by Crippen LogP contribution is -2.49. The molecule has 4 rings (SSSR count). The van der Waals surface area contributed by atoms with Crippen LogP contribution in [0.5, 0.6) is 17.2 Å². The van der Waals surface area contributed by atoms with Gasteiger partial charge >= 0.3 is 6.18 Å². The number of piperazine rings is 1. The molecule has 0 amide bonds. The van der Waals surface area contributed by atoms with E-state index in [2.05, 4.69) is 9.88 Å². The molecular weight excluding hydrogens is 447 g/mol. The van der Waals surface area contributed by atoms with E-state index in [1.807, 2.05) is 47.4 Å². The van der Waals surface area contributed by atoms with Gasteiger partial charge in [-0.25, -0.2) is 4.98 Å². The molecule has 180 valence electrons. The normalized spacial score (nSPS) is 15.7. The highest BCUT2D eigenvalue weighted by molar-refractivity contribution is 5.40. The molecule has 1 aromatic heterocycles. The Kier molecular flexibility index (Phi) is 7.54. The summed E-state index contributed by atoms with van der Waals surface area (Å²) < 4.78 is 49.6. The SMILES string of the molecule is O[C@H](COc1ccc(Oc2ccccc2)cc1)CN1CCN(c2ccc(C(F)(F)F)cn2)CC1. The van der Waals surface area contributed by atoms with E-state index in [-0.39, 0.29) is 6.61 Å². The van der Waals surface area contributed by atoms with Crippen molar-refractivity contribution >= 4 is 5.82 Å². The summed E-state index contributed by atoms with van der Waals surface area (Å²) in [5.41, 5.74) is -0.753. The Balaban J connectivity index is 1.18. The molecule has 1 fully saturated rings. The van der Waals surface area contributed by atoms with E-state index >= 15 is 0 Å². The van der Waals surface area contributed by atoms with Gasteiger partial charge in [-0.3, -0.25) is 4.90 Å². The van der Waals surface area contributed by atoms with Gasteiger partial charge in [0.1, 0.15) is 35.8 Å². The minimum absolute atomic E-state index is 0.152. The highest BCUT2D eigenvalue weighted by atomic mass is 19.4. The molecule has 1 saturated heterocycles. The van der Waals surface area contributed by atoms with Crippen molar-refractivity contribution in [1.29, 1.82) is 0 Å². The van der Waals surface area contributed by atoms with E-state index in [0.29, 0.717) is 50.0 Å². The van der Waals surface area contributed by atoms with Crippen LogP contribution in [-0.2, 0) is 6.18 Å². The summed E-state index contributed by atoms with van der Waals surface area (Å²) in [6.45, 7) is 3.18. The molecule has 3 aromatic rings. The van der Waals surface area contributed by atoms with Gasteiger partial charge in [-0.1, -0.05) is 18.2 Å². The molecule has 2 aromatic carbocycles. The van der Waals surface area contributed by atoms with Crippen molar-refractivity contribution < 1.29 is 27.8 Å². The summed E-state index contributed by atoms with van der Waals surface area (Å²) in [4.78, 5) is 8.00. The zero-order valence-electron chi connectivity index (χ0n) is 18.5. The highest BCUT2D eigenvalue weighted by Gasteiger charge is 2.31. The topological polar surface area (TPSA) is 58.1 Å². The van der Waals surface area contributed by atoms with Crippen molar-refractivity contribution in [2.75, 3.05) is 44.2 Å². The number of hydrogen-bond acceptors (Lipinski definition) is 6. The molecule has 34 heavy (non-hydrogen) atoms. The number of alkyl halides is 3. The third kappa shape index (κ3) is 6.61. The van der Waals surface area contributed by atoms with Crippen LogP contribution in [0.25, 0.3) is 0 Å². The molecule has 6 nitrogen and oxygen atoms in total. The van der Waals surface area contributed by atoms with Crippen LogP contribution >= 0.6 is 0 Å². The summed E-state index contributed by atoms with van der Waals surface area (Å²) in [5, 5.41) is 10.4. The number of aromatic nitrogens is 1. The minimum atomic E-state index is -4.39. The molecule has 0 radical (unpaired) electrons. The number of aliphatic hydroxyl groups excluding tert-OH is 1. The Morgan fingerprint density at radius 2 is 1.50 bits per heavy atom. The highest BCUT2D eigenvalue weighted by Crippen LogP contribution is 2.29. The van der Waals surface area contributed by atoms with Crippen molar-refractivity contribution in [2.24, 2.45) is 0 Å². The fourth-order valence-corrected chi connectivity index (χ4v) is 3.67. The largest absolute Gasteiger partial charge is 0.491 e. The van der Waals surface area contributed by atoms with Crippen molar-refractivity contribution in [3.8, 4) is 17.2 Å². The molecule has 0 spiro atoms. The number of hydrogen-bond donors (Lipinski definition) is 1. The molecule has 0 unspecified atom stereocenters. The first-order valence-corrected chi connectivity index (χ1v) is 11.0. The third-order valence-electron chi connectivity index (χ3n) is 5.49. The fraction of sp³-hybridized carbons (Fsp3) is 0.320. The molecule has 0 aliphatic carbocycles. The molecule has 9 heteroatoms. The molecule has 1 N–H and O–H groups in total. The van der Waals surface area contributed by atoms with Crippen molar-refractivity contribution in [3.63, 3.8) is 0 Å². The maximum Gasteiger partial charge on any atom is 0.417 e. The lowest BCUT2D eigenvalue weighted by atomic mass is 10.2. The Bertz CT molecular complexity index is 1020. The second kappa shape index (κ2) is 10.8. The molecule has 2 heterocycles. The first-order chi connectivity index (χ1) is 16.4. The fourth-order valence-electron chi connectivity index (χ4n) is 3.67. The van der Waals surface area contributed by atoms with Crippen LogP contribution in [0.4, 0.5) is 19.0 Å². The van der Waals surface area contributed by atoms with Gasteiger partial charge in [0.05, 0.1) is 5.56 Å². The van der Waals surface area contributed by atoms with Gasteiger partial charge in [0.25, 0.3) is 0 Å². The number of ether oxygens (including phenoxy) is 2. The average Bonchev–Trinajstić information content (AvgIpc) is 2.84. The Hall–Kier alpha value is -3.30. The monoisotopic (exact) mass is 473 g/mol. The maximum atomic E-state index is 12.7. The first kappa shape index (κ1) is 23.8. The average molecular weight is 473 g/mol. The van der Waals surface area contributed by atoms with Gasteiger partial charge in [-0.05, 0) is 48.5 Å². The smallest absolute Gasteiger partial charge is 0.417 e. The van der Waals surface area contributed by atoms with Gasteiger partial charge in [-0.15, -0.1) is 0 Å².